The van der Waals surface area contributed by atoms with Crippen molar-refractivity contribution in [1.29, 1.82) is 0 Å². The Bertz CT molecular complexity index is 376. The Hall–Kier alpha value is 0.177. The molecule has 0 bridgehead atoms. The fourth-order valence-electron chi connectivity index (χ4n) is 4.11. The van der Waals surface area contributed by atoms with Gasteiger partial charge in [-0.25, -0.2) is 4.79 Å². The highest BCUT2D eigenvalue weighted by molar-refractivity contribution is 14.1. The number of carbonyl (C=O) groups is 1. The maximum Gasteiger partial charge on any atom is 0.508 e. The third-order valence-electron chi connectivity index (χ3n) is 5.24. The van der Waals surface area contributed by atoms with Crippen LogP contribution in [0.5, 0.6) is 0 Å². The molecule has 6 heteroatoms. The molecule has 23 heavy (non-hydrogen) atoms. The van der Waals surface area contributed by atoms with Gasteiger partial charge in [0, 0.05) is 9.84 Å². The minimum atomic E-state index is -1.95. The summed E-state index contributed by atoms with van der Waals surface area (Å²) in [6, 6.07) is 0. The molecule has 1 heterocycles. The van der Waals surface area contributed by atoms with Crippen molar-refractivity contribution >= 4 is 37.1 Å². The van der Waals surface area contributed by atoms with Crippen molar-refractivity contribution in [3.63, 3.8) is 0 Å². The lowest BCUT2D eigenvalue weighted by molar-refractivity contribution is -0.104. The standard InChI is InChI=1S/C17H33IO4Si/c1-10(2)23(11(3)4,12(5)6)20-9-15-13(7)16(14(8)18)22-17(19)21-15/h10-16H,9H2,1-8H3/t13-,14+,15-,16-/m1/s1. The van der Waals surface area contributed by atoms with Crippen LogP contribution in [-0.4, -0.2) is 37.2 Å². The molecule has 0 radical (unpaired) electrons. The van der Waals surface area contributed by atoms with Gasteiger partial charge in [0.15, 0.2) is 0 Å². The van der Waals surface area contributed by atoms with Gasteiger partial charge < -0.3 is 13.9 Å². The van der Waals surface area contributed by atoms with E-state index < -0.39 is 14.5 Å². The Labute approximate surface area is 156 Å². The fraction of sp³-hybridized carbons (Fsp3) is 0.941. The Morgan fingerprint density at radius 3 is 1.91 bits per heavy atom. The molecule has 0 unspecified atom stereocenters. The molecular formula is C17H33IO4Si. The van der Waals surface area contributed by atoms with Crippen molar-refractivity contribution in [2.75, 3.05) is 6.61 Å². The van der Waals surface area contributed by atoms with Crippen molar-refractivity contribution in [3.8, 4) is 0 Å². The van der Waals surface area contributed by atoms with E-state index in [9.17, 15) is 4.79 Å². The summed E-state index contributed by atoms with van der Waals surface area (Å²) in [4.78, 5) is 11.8. The first-order chi connectivity index (χ1) is 10.5. The zero-order valence-electron chi connectivity index (χ0n) is 15.8. The summed E-state index contributed by atoms with van der Waals surface area (Å²) in [5, 5.41) is 0. The van der Waals surface area contributed by atoms with Crippen molar-refractivity contribution in [1.82, 2.24) is 0 Å². The third-order valence-corrected chi connectivity index (χ3v) is 12.0. The van der Waals surface area contributed by atoms with Crippen molar-refractivity contribution in [2.45, 2.75) is 88.1 Å². The van der Waals surface area contributed by atoms with Crippen LogP contribution >= 0.6 is 22.6 Å². The van der Waals surface area contributed by atoms with Crippen LogP contribution < -0.4 is 0 Å². The van der Waals surface area contributed by atoms with Crippen LogP contribution in [0.1, 0.15) is 55.4 Å². The summed E-state index contributed by atoms with van der Waals surface area (Å²) < 4.78 is 17.7. The van der Waals surface area contributed by atoms with Gasteiger partial charge in [0.05, 0.1) is 6.61 Å². The number of rotatable bonds is 7. The van der Waals surface area contributed by atoms with Gasteiger partial charge in [0.2, 0.25) is 8.32 Å². The first kappa shape index (κ1) is 21.2. The van der Waals surface area contributed by atoms with Crippen LogP contribution in [-0.2, 0) is 13.9 Å². The van der Waals surface area contributed by atoms with Gasteiger partial charge in [-0.3, -0.25) is 0 Å². The quantitative estimate of drug-likeness (QED) is 0.218. The number of carbonyl (C=O) groups excluding carboxylic acids is 1. The maximum absolute atomic E-state index is 11.8. The van der Waals surface area contributed by atoms with E-state index in [1.165, 1.54) is 0 Å². The van der Waals surface area contributed by atoms with Crippen LogP contribution in [0.3, 0.4) is 0 Å². The van der Waals surface area contributed by atoms with Crippen molar-refractivity contribution in [3.05, 3.63) is 0 Å². The van der Waals surface area contributed by atoms with Gasteiger partial charge in [-0.1, -0.05) is 71.1 Å². The lowest BCUT2D eigenvalue weighted by atomic mass is 9.95. The van der Waals surface area contributed by atoms with E-state index in [2.05, 4.69) is 78.0 Å². The molecule has 0 aromatic carbocycles. The van der Waals surface area contributed by atoms with Gasteiger partial charge in [-0.2, -0.15) is 0 Å². The summed E-state index contributed by atoms with van der Waals surface area (Å²) in [5.74, 6) is 0.137. The number of halogens is 1. The van der Waals surface area contributed by atoms with E-state index in [1.54, 1.807) is 0 Å². The second-order valence-corrected chi connectivity index (χ2v) is 15.1. The normalized spacial score (nSPS) is 27.3. The molecule has 4 atom stereocenters. The van der Waals surface area contributed by atoms with Crippen molar-refractivity contribution < 1.29 is 18.7 Å². The fourth-order valence-corrected chi connectivity index (χ4v) is 10.4. The van der Waals surface area contributed by atoms with Crippen molar-refractivity contribution in [2.24, 2.45) is 5.92 Å². The molecule has 0 aliphatic carbocycles. The average Bonchev–Trinajstić information content (AvgIpc) is 2.41. The predicted octanol–water partition coefficient (Wildman–Crippen LogP) is 5.54. The zero-order valence-corrected chi connectivity index (χ0v) is 18.9. The summed E-state index contributed by atoms with van der Waals surface area (Å²) >= 11 is 2.31. The largest absolute Gasteiger partial charge is 0.508 e. The lowest BCUT2D eigenvalue weighted by Gasteiger charge is -2.44. The van der Waals surface area contributed by atoms with E-state index in [-0.39, 0.29) is 22.1 Å². The van der Waals surface area contributed by atoms with Gasteiger partial charge >= 0.3 is 6.16 Å². The van der Waals surface area contributed by atoms with Crippen LogP contribution in [0.2, 0.25) is 16.6 Å². The summed E-state index contributed by atoms with van der Waals surface area (Å²) in [6.45, 7) is 18.2. The Morgan fingerprint density at radius 1 is 1.04 bits per heavy atom. The molecule has 1 aliphatic rings. The molecule has 0 saturated carbocycles. The lowest BCUT2D eigenvalue weighted by Crippen LogP contribution is -2.53. The van der Waals surface area contributed by atoms with E-state index in [0.717, 1.165) is 0 Å². The second-order valence-electron chi connectivity index (χ2n) is 7.65. The predicted molar refractivity (Wildman–Crippen MR) is 105 cm³/mol. The first-order valence-corrected chi connectivity index (χ1v) is 12.1. The van der Waals surface area contributed by atoms with Crippen LogP contribution in [0.4, 0.5) is 4.79 Å². The zero-order chi connectivity index (χ0) is 17.9. The number of hydrogen-bond donors (Lipinski definition) is 0. The topological polar surface area (TPSA) is 44.8 Å². The van der Waals surface area contributed by atoms with Gasteiger partial charge in [-0.05, 0) is 23.5 Å². The minimum Gasteiger partial charge on any atom is -0.429 e. The smallest absolute Gasteiger partial charge is 0.429 e. The Morgan fingerprint density at radius 2 is 1.52 bits per heavy atom. The number of cyclic esters (lactones) is 2. The molecule has 0 amide bonds. The van der Waals surface area contributed by atoms with E-state index >= 15 is 0 Å². The summed E-state index contributed by atoms with van der Waals surface area (Å²) in [7, 11) is -1.95. The van der Waals surface area contributed by atoms with Crippen LogP contribution in [0, 0.1) is 5.92 Å². The van der Waals surface area contributed by atoms with Gasteiger partial charge in [-0.15, -0.1) is 0 Å². The Balaban J connectivity index is 2.90. The van der Waals surface area contributed by atoms with E-state index in [1.807, 2.05) is 0 Å². The monoisotopic (exact) mass is 456 g/mol. The third kappa shape index (κ3) is 4.63. The number of hydrogen-bond acceptors (Lipinski definition) is 4. The molecular weight excluding hydrogens is 423 g/mol. The molecule has 0 spiro atoms. The molecule has 1 rings (SSSR count). The molecule has 4 nitrogen and oxygen atoms in total. The van der Waals surface area contributed by atoms with Crippen LogP contribution in [0.15, 0.2) is 0 Å². The highest BCUT2D eigenvalue weighted by Gasteiger charge is 2.47. The first-order valence-electron chi connectivity index (χ1n) is 8.69. The minimum absolute atomic E-state index is 0.112. The number of ether oxygens (including phenoxy) is 2. The number of alkyl halides is 1. The highest BCUT2D eigenvalue weighted by Crippen LogP contribution is 2.42. The molecule has 1 aliphatic heterocycles. The molecule has 136 valence electrons. The average molecular weight is 456 g/mol. The van der Waals surface area contributed by atoms with E-state index in [4.69, 9.17) is 13.9 Å². The Kier molecular flexibility index (Phi) is 7.86. The molecule has 1 fully saturated rings. The summed E-state index contributed by atoms with van der Waals surface area (Å²) in [6.07, 6.45) is -0.892. The SMILES string of the molecule is CC(C)[Si](OC[C@H]1OC(=O)O[C@@H]([C@H](C)I)[C@@H]1C)(C(C)C)C(C)C. The van der Waals surface area contributed by atoms with Crippen LogP contribution in [0.25, 0.3) is 0 Å². The maximum atomic E-state index is 11.8. The van der Waals surface area contributed by atoms with E-state index in [0.29, 0.717) is 23.2 Å². The second kappa shape index (κ2) is 8.51. The molecule has 0 aromatic heterocycles. The highest BCUT2D eigenvalue weighted by atomic mass is 127. The van der Waals surface area contributed by atoms with Gasteiger partial charge in [0.1, 0.15) is 12.2 Å². The summed E-state index contributed by atoms with van der Waals surface area (Å²) in [5.41, 5.74) is 1.56. The van der Waals surface area contributed by atoms with Gasteiger partial charge in [0.25, 0.3) is 0 Å². The molecule has 0 N–H and O–H groups in total. The molecule has 0 aromatic rings. The molecule has 1 saturated heterocycles.